The van der Waals surface area contributed by atoms with Crippen LogP contribution in [0.1, 0.15) is 16.7 Å². The predicted molar refractivity (Wildman–Crippen MR) is 92.9 cm³/mol. The molecule has 2 aromatic carbocycles. The maximum atomic E-state index is 12.9. The van der Waals surface area contributed by atoms with Crippen LogP contribution in [0, 0.1) is 20.8 Å². The van der Waals surface area contributed by atoms with Gasteiger partial charge >= 0.3 is 0 Å². The molecular weight excluding hydrogens is 362 g/mol. The molecule has 0 bridgehead atoms. The van der Waals surface area contributed by atoms with E-state index in [4.69, 9.17) is 0 Å². The van der Waals surface area contributed by atoms with E-state index in [1.807, 2.05) is 45.0 Å². The lowest BCUT2D eigenvalue weighted by Gasteiger charge is -2.11. The largest absolute Gasteiger partial charge is 0.268 e. The summed E-state index contributed by atoms with van der Waals surface area (Å²) in [4.78, 5) is 0.298. The third kappa shape index (κ3) is 2.29. The number of hydrogen-bond acceptors (Lipinski definition) is 2. The lowest BCUT2D eigenvalue weighted by molar-refractivity contribution is 0.589. The Kier molecular flexibility index (Phi) is 3.65. The van der Waals surface area contributed by atoms with Crippen LogP contribution in [0.3, 0.4) is 0 Å². The van der Waals surface area contributed by atoms with Crippen LogP contribution < -0.4 is 0 Å². The highest BCUT2D eigenvalue weighted by Crippen LogP contribution is 2.32. The van der Waals surface area contributed by atoms with Crippen LogP contribution in [-0.4, -0.2) is 12.4 Å². The van der Waals surface area contributed by atoms with Gasteiger partial charge in [-0.25, -0.2) is 12.4 Å². The second kappa shape index (κ2) is 5.25. The Hall–Kier alpha value is -1.59. The van der Waals surface area contributed by atoms with Gasteiger partial charge in [-0.3, -0.25) is 0 Å². The molecule has 114 valence electrons. The third-order valence-electron chi connectivity index (χ3n) is 3.82. The lowest BCUT2D eigenvalue weighted by atomic mass is 10.1. The normalized spacial score (nSPS) is 12.0. The van der Waals surface area contributed by atoms with Gasteiger partial charge in [0, 0.05) is 16.1 Å². The number of rotatable bonds is 2. The first-order chi connectivity index (χ1) is 10.3. The molecule has 0 amide bonds. The molecule has 0 aliphatic rings. The first kappa shape index (κ1) is 15.3. The van der Waals surface area contributed by atoms with Crippen LogP contribution >= 0.6 is 15.9 Å². The van der Waals surface area contributed by atoms with E-state index in [1.54, 1.807) is 18.3 Å². The van der Waals surface area contributed by atoms with Gasteiger partial charge in [-0.1, -0.05) is 23.8 Å². The fraction of sp³-hybridized carbons (Fsp3) is 0.176. The van der Waals surface area contributed by atoms with E-state index in [2.05, 4.69) is 15.9 Å². The maximum Gasteiger partial charge on any atom is 0.268 e. The van der Waals surface area contributed by atoms with Crippen molar-refractivity contribution in [1.82, 2.24) is 3.97 Å². The fourth-order valence-electron chi connectivity index (χ4n) is 2.67. The number of benzene rings is 2. The molecule has 0 saturated heterocycles. The SMILES string of the molecule is Cc1ccc(S(=O)(=O)n2ccc3c(Br)c(C)cc(C)c32)cc1. The van der Waals surface area contributed by atoms with E-state index in [0.717, 1.165) is 32.1 Å². The van der Waals surface area contributed by atoms with Gasteiger partial charge in [-0.15, -0.1) is 0 Å². The van der Waals surface area contributed by atoms with Crippen LogP contribution in [0.25, 0.3) is 10.9 Å². The third-order valence-corrected chi connectivity index (χ3v) is 6.56. The van der Waals surface area contributed by atoms with E-state index in [-0.39, 0.29) is 0 Å². The molecule has 0 unspecified atom stereocenters. The monoisotopic (exact) mass is 377 g/mol. The van der Waals surface area contributed by atoms with Crippen LogP contribution in [0.15, 0.2) is 52.0 Å². The summed E-state index contributed by atoms with van der Waals surface area (Å²) in [5.74, 6) is 0. The van der Waals surface area contributed by atoms with Gasteiger partial charge in [0.25, 0.3) is 10.0 Å². The van der Waals surface area contributed by atoms with Crippen molar-refractivity contribution in [3.63, 3.8) is 0 Å². The van der Waals surface area contributed by atoms with Crippen molar-refractivity contribution in [3.8, 4) is 0 Å². The Morgan fingerprint density at radius 3 is 2.23 bits per heavy atom. The van der Waals surface area contributed by atoms with Crippen LogP contribution in [0.2, 0.25) is 0 Å². The van der Waals surface area contributed by atoms with Crippen molar-refractivity contribution in [1.29, 1.82) is 0 Å². The van der Waals surface area contributed by atoms with E-state index in [9.17, 15) is 8.42 Å². The minimum atomic E-state index is -3.60. The van der Waals surface area contributed by atoms with Gasteiger partial charge in [0.05, 0.1) is 10.4 Å². The molecule has 22 heavy (non-hydrogen) atoms. The van der Waals surface area contributed by atoms with E-state index >= 15 is 0 Å². The molecule has 0 atom stereocenters. The molecule has 0 fully saturated rings. The zero-order chi connectivity index (χ0) is 16.1. The van der Waals surface area contributed by atoms with Crippen LogP contribution in [-0.2, 0) is 10.0 Å². The summed E-state index contributed by atoms with van der Waals surface area (Å²) in [6, 6.07) is 10.7. The molecule has 3 rings (SSSR count). The van der Waals surface area contributed by atoms with Gasteiger partial charge in [0.15, 0.2) is 0 Å². The number of fused-ring (bicyclic) bond motifs is 1. The van der Waals surface area contributed by atoms with Gasteiger partial charge in [0.2, 0.25) is 0 Å². The van der Waals surface area contributed by atoms with E-state index < -0.39 is 10.0 Å². The summed E-state index contributed by atoms with van der Waals surface area (Å²) in [7, 11) is -3.60. The topological polar surface area (TPSA) is 39.1 Å². The summed E-state index contributed by atoms with van der Waals surface area (Å²) in [6.45, 7) is 5.87. The fourth-order valence-corrected chi connectivity index (χ4v) is 4.52. The lowest BCUT2D eigenvalue weighted by Crippen LogP contribution is -2.12. The van der Waals surface area contributed by atoms with Gasteiger partial charge in [-0.2, -0.15) is 0 Å². The Bertz CT molecular complexity index is 970. The van der Waals surface area contributed by atoms with Crippen molar-refractivity contribution in [3.05, 3.63) is 63.8 Å². The second-order valence-electron chi connectivity index (χ2n) is 5.52. The quantitative estimate of drug-likeness (QED) is 0.656. The summed E-state index contributed by atoms with van der Waals surface area (Å²) in [5.41, 5.74) is 3.79. The van der Waals surface area contributed by atoms with Gasteiger partial charge in [0.1, 0.15) is 0 Å². The zero-order valence-corrected chi connectivity index (χ0v) is 15.0. The molecule has 0 aliphatic carbocycles. The van der Waals surface area contributed by atoms with Crippen LogP contribution in [0.5, 0.6) is 0 Å². The molecule has 0 radical (unpaired) electrons. The Balaban J connectivity index is 2.31. The number of nitrogens with zero attached hydrogens (tertiary/aromatic N) is 1. The minimum Gasteiger partial charge on any atom is -0.241 e. The number of hydrogen-bond donors (Lipinski definition) is 0. The van der Waals surface area contributed by atoms with E-state index in [0.29, 0.717) is 4.90 Å². The average molecular weight is 378 g/mol. The number of aryl methyl sites for hydroxylation is 3. The summed E-state index contributed by atoms with van der Waals surface area (Å²) in [6.07, 6.45) is 1.62. The van der Waals surface area contributed by atoms with Crippen molar-refractivity contribution in [2.75, 3.05) is 0 Å². The molecule has 5 heteroatoms. The second-order valence-corrected chi connectivity index (χ2v) is 8.12. The highest BCUT2D eigenvalue weighted by molar-refractivity contribution is 9.10. The highest BCUT2D eigenvalue weighted by atomic mass is 79.9. The molecule has 0 spiro atoms. The van der Waals surface area contributed by atoms with Crippen molar-refractivity contribution >= 4 is 36.9 Å². The molecule has 0 saturated carbocycles. The summed E-state index contributed by atoms with van der Waals surface area (Å²) < 4.78 is 28.1. The Morgan fingerprint density at radius 2 is 1.59 bits per heavy atom. The average Bonchev–Trinajstić information content (AvgIpc) is 2.91. The smallest absolute Gasteiger partial charge is 0.241 e. The van der Waals surface area contributed by atoms with Crippen molar-refractivity contribution < 1.29 is 8.42 Å². The molecule has 3 nitrogen and oxygen atoms in total. The van der Waals surface area contributed by atoms with Crippen molar-refractivity contribution in [2.45, 2.75) is 25.7 Å². The highest BCUT2D eigenvalue weighted by Gasteiger charge is 2.21. The van der Waals surface area contributed by atoms with Crippen molar-refractivity contribution in [2.24, 2.45) is 0 Å². The first-order valence-electron chi connectivity index (χ1n) is 6.91. The standard InChI is InChI=1S/C17H16BrNO2S/c1-11-4-6-14(7-5-11)22(20,21)19-9-8-15-16(18)12(2)10-13(3)17(15)19/h4-10H,1-3H3. The van der Waals surface area contributed by atoms with Crippen LogP contribution in [0.4, 0.5) is 0 Å². The van der Waals surface area contributed by atoms with Gasteiger partial charge < -0.3 is 0 Å². The van der Waals surface area contributed by atoms with Gasteiger partial charge in [-0.05, 0) is 66.0 Å². The zero-order valence-electron chi connectivity index (χ0n) is 12.6. The first-order valence-corrected chi connectivity index (χ1v) is 9.14. The minimum absolute atomic E-state index is 0.298. The summed E-state index contributed by atoms with van der Waals surface area (Å²) in [5, 5.41) is 0.910. The molecule has 0 N–H and O–H groups in total. The Morgan fingerprint density at radius 1 is 0.955 bits per heavy atom. The molecular formula is C17H16BrNO2S. The summed E-state index contributed by atoms with van der Waals surface area (Å²) >= 11 is 3.55. The molecule has 1 aromatic heterocycles. The number of aromatic nitrogens is 1. The molecule has 3 aromatic rings. The van der Waals surface area contributed by atoms with E-state index in [1.165, 1.54) is 3.97 Å². The molecule has 0 aliphatic heterocycles. The molecule has 1 heterocycles. The number of halogens is 1. The maximum absolute atomic E-state index is 12.9. The predicted octanol–water partition coefficient (Wildman–Crippen LogP) is 4.57. The Labute approximate surface area is 138 Å².